The van der Waals surface area contributed by atoms with Gasteiger partial charge in [-0.2, -0.15) is 0 Å². The maximum absolute atomic E-state index is 12.0. The molecule has 1 unspecified atom stereocenters. The Morgan fingerprint density at radius 3 is 2.36 bits per heavy atom. The predicted molar refractivity (Wildman–Crippen MR) is 78.7 cm³/mol. The zero-order valence-electron chi connectivity index (χ0n) is 13.2. The van der Waals surface area contributed by atoms with E-state index in [9.17, 15) is 22.6 Å². The first-order valence-corrected chi connectivity index (χ1v) is 8.75. The summed E-state index contributed by atoms with van der Waals surface area (Å²) < 4.78 is 32.9. The molecule has 0 amide bonds. The van der Waals surface area contributed by atoms with Crippen LogP contribution in [0.3, 0.4) is 0 Å². The number of Topliss-reactive ketones (excluding diaryl/α,β-unsaturated/α-hetero) is 2. The fourth-order valence-electron chi connectivity index (χ4n) is 2.23. The van der Waals surface area contributed by atoms with Gasteiger partial charge in [0.1, 0.15) is 15.4 Å². The van der Waals surface area contributed by atoms with Crippen molar-refractivity contribution in [1.29, 1.82) is 0 Å². The van der Waals surface area contributed by atoms with E-state index in [2.05, 4.69) is 6.92 Å². The van der Waals surface area contributed by atoms with Gasteiger partial charge in [-0.3, -0.25) is 9.59 Å². The second-order valence-corrected chi connectivity index (χ2v) is 6.68. The predicted octanol–water partition coefficient (Wildman–Crippen LogP) is -0.711. The number of carbonyl (C=O) groups excluding carboxylic acids is 2. The van der Waals surface area contributed by atoms with Gasteiger partial charge in [-0.15, -0.1) is 0 Å². The average molecular weight is 336 g/mol. The van der Waals surface area contributed by atoms with E-state index in [0.29, 0.717) is 6.42 Å². The number of ketones is 2. The monoisotopic (exact) mass is 336 g/mol. The van der Waals surface area contributed by atoms with Gasteiger partial charge < -0.3 is 4.55 Å². The average Bonchev–Trinajstić information content (AvgIpc) is 2.41. The van der Waals surface area contributed by atoms with Crippen LogP contribution in [0, 0.1) is 0 Å². The van der Waals surface area contributed by atoms with Crippen molar-refractivity contribution in [3.8, 4) is 0 Å². The summed E-state index contributed by atoms with van der Waals surface area (Å²) in [6, 6.07) is 0. The van der Waals surface area contributed by atoms with Crippen LogP contribution < -0.4 is 29.6 Å². The molecular weight excluding hydrogens is 315 g/mol. The van der Waals surface area contributed by atoms with Crippen LogP contribution in [0.15, 0.2) is 23.8 Å². The molecule has 0 aromatic heterocycles. The van der Waals surface area contributed by atoms with Crippen LogP contribution in [0.2, 0.25) is 0 Å². The number of hydrogen-bond acceptors (Lipinski definition) is 5. The van der Waals surface area contributed by atoms with Crippen LogP contribution in [0.4, 0.5) is 0 Å². The van der Waals surface area contributed by atoms with Crippen molar-refractivity contribution in [3.05, 3.63) is 23.8 Å². The minimum Gasteiger partial charge on any atom is -0.747 e. The topological polar surface area (TPSA) is 91.3 Å². The first kappa shape index (κ1) is 21.7. The number of hydrogen-bond donors (Lipinski definition) is 0. The normalized spacial score (nSPS) is 17.8. The zero-order chi connectivity index (χ0) is 15.9. The Balaban J connectivity index is 0.00000441. The molecule has 0 fully saturated rings. The van der Waals surface area contributed by atoms with Crippen molar-refractivity contribution in [1.82, 2.24) is 0 Å². The third-order valence-corrected chi connectivity index (χ3v) is 4.43. The van der Waals surface area contributed by atoms with Crippen LogP contribution in [0.25, 0.3) is 0 Å². The van der Waals surface area contributed by atoms with E-state index in [4.69, 9.17) is 0 Å². The molecule has 5 nitrogen and oxygen atoms in total. The van der Waals surface area contributed by atoms with Crippen LogP contribution >= 0.6 is 0 Å². The van der Waals surface area contributed by atoms with Crippen molar-refractivity contribution < 1.29 is 52.1 Å². The Bertz CT molecular complexity index is 548. The Kier molecular flexibility index (Phi) is 10.4. The van der Waals surface area contributed by atoms with E-state index >= 15 is 0 Å². The number of rotatable bonds is 9. The first-order valence-electron chi connectivity index (χ1n) is 7.28. The molecule has 0 heterocycles. The summed E-state index contributed by atoms with van der Waals surface area (Å²) in [7, 11) is -4.76. The molecule has 0 aromatic rings. The Hall–Kier alpha value is -0.270. The molecule has 0 aromatic carbocycles. The molecule has 1 atom stereocenters. The molecule has 0 saturated carbocycles. The maximum atomic E-state index is 12.0. The van der Waals surface area contributed by atoms with Crippen molar-refractivity contribution >= 4 is 21.7 Å². The largest absolute Gasteiger partial charge is 1.00 e. The molecule has 0 saturated heterocycles. The first-order chi connectivity index (χ1) is 9.88. The molecule has 118 valence electrons. The molecule has 0 N–H and O–H groups in total. The van der Waals surface area contributed by atoms with E-state index in [1.165, 1.54) is 18.6 Å². The van der Waals surface area contributed by atoms with Gasteiger partial charge in [-0.25, -0.2) is 8.42 Å². The van der Waals surface area contributed by atoms with Gasteiger partial charge in [0.25, 0.3) is 0 Å². The molecular formula is C15H21NaO5S. The maximum Gasteiger partial charge on any atom is 1.00 e. The summed E-state index contributed by atoms with van der Waals surface area (Å²) in [6.07, 6.45) is 9.90. The summed E-state index contributed by atoms with van der Waals surface area (Å²) in [5.41, 5.74) is -0.171. The minimum absolute atomic E-state index is 0. The van der Waals surface area contributed by atoms with Crippen LogP contribution in [0.1, 0.15) is 51.9 Å². The van der Waals surface area contributed by atoms with E-state index in [-0.39, 0.29) is 47.3 Å². The smallest absolute Gasteiger partial charge is 0.747 e. The van der Waals surface area contributed by atoms with Gasteiger partial charge in [0.15, 0.2) is 11.6 Å². The summed E-state index contributed by atoms with van der Waals surface area (Å²) >= 11 is 0. The van der Waals surface area contributed by atoms with Crippen LogP contribution in [-0.4, -0.2) is 29.8 Å². The third-order valence-electron chi connectivity index (χ3n) is 3.44. The molecule has 0 radical (unpaired) electrons. The van der Waals surface area contributed by atoms with Crippen LogP contribution in [0.5, 0.6) is 0 Å². The fraction of sp³-hybridized carbons (Fsp3) is 0.600. The van der Waals surface area contributed by atoms with E-state index in [0.717, 1.165) is 31.8 Å². The van der Waals surface area contributed by atoms with Crippen molar-refractivity contribution in [3.63, 3.8) is 0 Å². The quantitative estimate of drug-likeness (QED) is 0.240. The fourth-order valence-corrected chi connectivity index (χ4v) is 2.91. The Morgan fingerprint density at radius 1 is 1.18 bits per heavy atom. The van der Waals surface area contributed by atoms with Crippen molar-refractivity contribution in [2.24, 2.45) is 0 Å². The second kappa shape index (κ2) is 10.5. The molecule has 1 aliphatic rings. The van der Waals surface area contributed by atoms with E-state index < -0.39 is 21.2 Å². The van der Waals surface area contributed by atoms with Crippen molar-refractivity contribution in [2.75, 3.05) is 0 Å². The van der Waals surface area contributed by atoms with Gasteiger partial charge >= 0.3 is 29.6 Å². The molecule has 0 aliphatic heterocycles. The second-order valence-electron chi connectivity index (χ2n) is 5.18. The number of allylic oxidation sites excluding steroid dienone is 3. The molecule has 1 aliphatic carbocycles. The van der Waals surface area contributed by atoms with Gasteiger partial charge in [0.05, 0.1) is 5.57 Å². The van der Waals surface area contributed by atoms with Gasteiger partial charge in [-0.05, 0) is 12.5 Å². The molecule has 0 spiro atoms. The van der Waals surface area contributed by atoms with Gasteiger partial charge in [0.2, 0.25) is 0 Å². The van der Waals surface area contributed by atoms with Crippen molar-refractivity contribution in [2.45, 2.75) is 57.1 Å². The van der Waals surface area contributed by atoms with E-state index in [1.807, 2.05) is 0 Å². The Morgan fingerprint density at radius 2 is 1.77 bits per heavy atom. The summed E-state index contributed by atoms with van der Waals surface area (Å²) in [5.74, 6) is -1.28. The number of carbonyl (C=O) groups is 2. The van der Waals surface area contributed by atoms with E-state index in [1.54, 1.807) is 0 Å². The summed E-state index contributed by atoms with van der Waals surface area (Å²) in [5, 5.41) is -1.76. The minimum atomic E-state index is -4.76. The molecule has 1 rings (SSSR count). The van der Waals surface area contributed by atoms with Gasteiger partial charge in [0, 0.05) is 6.42 Å². The van der Waals surface area contributed by atoms with Crippen LogP contribution in [-0.2, 0) is 19.7 Å². The zero-order valence-corrected chi connectivity index (χ0v) is 16.0. The summed E-state index contributed by atoms with van der Waals surface area (Å²) in [4.78, 5) is 23.8. The number of unbranched alkanes of at least 4 members (excludes halogenated alkanes) is 5. The molecule has 0 bridgehead atoms. The molecule has 7 heteroatoms. The molecule has 22 heavy (non-hydrogen) atoms. The Labute approximate surface area is 154 Å². The van der Waals surface area contributed by atoms with Gasteiger partial charge in [-0.1, -0.05) is 51.2 Å². The standard InChI is InChI=1S/C15H22O5S.Na/c1-2-3-4-5-6-7-10-13(16)12-9-8-11-14(15(12)17)21(18,19)20;/h8-9,11,14H,2-7,10H2,1H3,(H,18,19,20);/q;+1/p-1. The third kappa shape index (κ3) is 6.87. The summed E-state index contributed by atoms with van der Waals surface area (Å²) in [6.45, 7) is 2.12. The SMILES string of the molecule is CCCCCCCCC(=O)C1=CC=CC(S(=O)(=O)[O-])C1=O.[Na+].